The highest BCUT2D eigenvalue weighted by Crippen LogP contribution is 2.29. The Bertz CT molecular complexity index is 729. The largest absolute Gasteiger partial charge is 0.459 e. The Morgan fingerprint density at radius 1 is 1.29 bits per heavy atom. The molecule has 0 aliphatic carbocycles. The summed E-state index contributed by atoms with van der Waals surface area (Å²) in [6, 6.07) is 10.2. The molecule has 1 unspecified atom stereocenters. The number of furan rings is 1. The quantitative estimate of drug-likeness (QED) is 0.789. The molecule has 6 heteroatoms. The maximum absolute atomic E-state index is 6.01. The van der Waals surface area contributed by atoms with E-state index in [2.05, 4.69) is 31.8 Å². The van der Waals surface area contributed by atoms with E-state index in [-0.39, 0.29) is 6.04 Å². The maximum atomic E-state index is 6.01. The Hall–Kier alpha value is -2.18. The molecular formula is C15H17N5O. The number of rotatable bonds is 3. The second kappa shape index (κ2) is 4.98. The van der Waals surface area contributed by atoms with E-state index in [1.807, 2.05) is 18.2 Å². The van der Waals surface area contributed by atoms with Crippen molar-refractivity contribution in [2.45, 2.75) is 19.1 Å². The van der Waals surface area contributed by atoms with Crippen molar-refractivity contribution in [2.75, 3.05) is 13.1 Å². The van der Waals surface area contributed by atoms with E-state index >= 15 is 0 Å². The standard InChI is InChI=1S/C15H17N5O/c16-8-12(14-7-11-3-1-2-4-13(11)21-14)19-5-6-20-10-17-18-15(20)9-19/h1-4,7,10,12H,5-6,8-9,16H2. The van der Waals surface area contributed by atoms with E-state index in [1.165, 1.54) is 0 Å². The average Bonchev–Trinajstić information content (AvgIpc) is 3.13. The summed E-state index contributed by atoms with van der Waals surface area (Å²) in [4.78, 5) is 2.31. The minimum Gasteiger partial charge on any atom is -0.459 e. The predicted octanol–water partition coefficient (Wildman–Crippen LogP) is 1.54. The average molecular weight is 283 g/mol. The lowest BCUT2D eigenvalue weighted by atomic mass is 10.1. The van der Waals surface area contributed by atoms with Gasteiger partial charge < -0.3 is 14.7 Å². The molecule has 0 spiro atoms. The molecule has 108 valence electrons. The van der Waals surface area contributed by atoms with Gasteiger partial charge in [-0.05, 0) is 12.1 Å². The van der Waals surface area contributed by atoms with Gasteiger partial charge in [0.1, 0.15) is 23.5 Å². The fourth-order valence-electron chi connectivity index (χ4n) is 2.96. The van der Waals surface area contributed by atoms with Crippen molar-refractivity contribution in [3.8, 4) is 0 Å². The van der Waals surface area contributed by atoms with E-state index in [0.717, 1.165) is 42.2 Å². The SMILES string of the molecule is NCC(c1cc2ccccc2o1)N1CCn2cnnc2C1. The summed E-state index contributed by atoms with van der Waals surface area (Å²) in [6.07, 6.45) is 1.78. The molecule has 3 heterocycles. The second-order valence-electron chi connectivity index (χ2n) is 5.35. The van der Waals surface area contributed by atoms with Crippen molar-refractivity contribution in [2.24, 2.45) is 5.73 Å². The summed E-state index contributed by atoms with van der Waals surface area (Å²) >= 11 is 0. The van der Waals surface area contributed by atoms with Gasteiger partial charge in [-0.3, -0.25) is 4.90 Å². The summed E-state index contributed by atoms with van der Waals surface area (Å²) in [7, 11) is 0. The molecular weight excluding hydrogens is 266 g/mol. The molecule has 3 aromatic rings. The second-order valence-corrected chi connectivity index (χ2v) is 5.35. The van der Waals surface area contributed by atoms with Crippen LogP contribution in [0.2, 0.25) is 0 Å². The van der Waals surface area contributed by atoms with Crippen molar-refractivity contribution in [1.82, 2.24) is 19.7 Å². The van der Waals surface area contributed by atoms with Crippen molar-refractivity contribution in [3.05, 3.63) is 48.2 Å². The van der Waals surface area contributed by atoms with Crippen LogP contribution in [0.4, 0.5) is 0 Å². The van der Waals surface area contributed by atoms with Gasteiger partial charge in [-0.1, -0.05) is 18.2 Å². The number of aromatic nitrogens is 3. The number of benzene rings is 1. The van der Waals surface area contributed by atoms with Crippen molar-refractivity contribution >= 4 is 11.0 Å². The van der Waals surface area contributed by atoms with Gasteiger partial charge in [0.25, 0.3) is 0 Å². The van der Waals surface area contributed by atoms with Gasteiger partial charge in [0, 0.05) is 25.0 Å². The van der Waals surface area contributed by atoms with E-state index < -0.39 is 0 Å². The van der Waals surface area contributed by atoms with Crippen LogP contribution in [0.15, 0.2) is 41.1 Å². The highest BCUT2D eigenvalue weighted by atomic mass is 16.3. The van der Waals surface area contributed by atoms with E-state index in [4.69, 9.17) is 10.2 Å². The Morgan fingerprint density at radius 2 is 2.19 bits per heavy atom. The lowest BCUT2D eigenvalue weighted by Gasteiger charge is -2.32. The van der Waals surface area contributed by atoms with Gasteiger partial charge in [0.2, 0.25) is 0 Å². The Morgan fingerprint density at radius 3 is 3.05 bits per heavy atom. The highest BCUT2D eigenvalue weighted by Gasteiger charge is 2.27. The van der Waals surface area contributed by atoms with E-state index in [9.17, 15) is 0 Å². The maximum Gasteiger partial charge on any atom is 0.147 e. The molecule has 2 N–H and O–H groups in total. The molecule has 1 aromatic carbocycles. The smallest absolute Gasteiger partial charge is 0.147 e. The van der Waals surface area contributed by atoms with Crippen LogP contribution < -0.4 is 5.73 Å². The van der Waals surface area contributed by atoms with Crippen molar-refractivity contribution < 1.29 is 4.42 Å². The zero-order chi connectivity index (χ0) is 14.2. The predicted molar refractivity (Wildman–Crippen MR) is 78.4 cm³/mol. The van der Waals surface area contributed by atoms with Crippen LogP contribution in [0.1, 0.15) is 17.6 Å². The fraction of sp³-hybridized carbons (Fsp3) is 0.333. The van der Waals surface area contributed by atoms with Gasteiger partial charge in [0.15, 0.2) is 0 Å². The summed E-state index contributed by atoms with van der Waals surface area (Å²) < 4.78 is 8.07. The lowest BCUT2D eigenvalue weighted by Crippen LogP contribution is -2.39. The van der Waals surface area contributed by atoms with Crippen LogP contribution >= 0.6 is 0 Å². The number of hydrogen-bond donors (Lipinski definition) is 1. The third-order valence-electron chi connectivity index (χ3n) is 4.11. The molecule has 6 nitrogen and oxygen atoms in total. The molecule has 0 amide bonds. The number of para-hydroxylation sites is 1. The van der Waals surface area contributed by atoms with Crippen LogP contribution in [-0.4, -0.2) is 32.8 Å². The van der Waals surface area contributed by atoms with Gasteiger partial charge in [-0.25, -0.2) is 0 Å². The third kappa shape index (κ3) is 2.12. The summed E-state index contributed by atoms with van der Waals surface area (Å²) in [5.41, 5.74) is 6.92. The van der Waals surface area contributed by atoms with Crippen LogP contribution in [0.3, 0.4) is 0 Å². The first-order valence-electron chi connectivity index (χ1n) is 7.14. The number of nitrogens with two attached hydrogens (primary N) is 1. The summed E-state index contributed by atoms with van der Waals surface area (Å²) in [5, 5.41) is 9.24. The molecule has 1 aliphatic heterocycles. The fourth-order valence-corrected chi connectivity index (χ4v) is 2.96. The summed E-state index contributed by atoms with van der Waals surface area (Å²) in [6.45, 7) is 3.08. The van der Waals surface area contributed by atoms with E-state index in [1.54, 1.807) is 6.33 Å². The van der Waals surface area contributed by atoms with Gasteiger partial charge in [-0.2, -0.15) is 0 Å². The molecule has 0 bridgehead atoms. The first-order valence-corrected chi connectivity index (χ1v) is 7.14. The van der Waals surface area contributed by atoms with Gasteiger partial charge in [-0.15, -0.1) is 10.2 Å². The van der Waals surface area contributed by atoms with Crippen LogP contribution in [0, 0.1) is 0 Å². The summed E-state index contributed by atoms with van der Waals surface area (Å²) in [5.74, 6) is 1.91. The van der Waals surface area contributed by atoms with Crippen LogP contribution in [0.5, 0.6) is 0 Å². The monoisotopic (exact) mass is 283 g/mol. The Balaban J connectivity index is 1.65. The minimum atomic E-state index is 0.0721. The molecule has 0 saturated carbocycles. The van der Waals surface area contributed by atoms with Crippen LogP contribution in [0.25, 0.3) is 11.0 Å². The molecule has 21 heavy (non-hydrogen) atoms. The molecule has 1 atom stereocenters. The van der Waals surface area contributed by atoms with Crippen molar-refractivity contribution in [3.63, 3.8) is 0 Å². The van der Waals surface area contributed by atoms with Gasteiger partial charge in [0.05, 0.1) is 12.6 Å². The molecule has 4 rings (SSSR count). The topological polar surface area (TPSA) is 73.1 Å². The first kappa shape index (κ1) is 12.6. The first-order chi connectivity index (χ1) is 10.3. The zero-order valence-corrected chi connectivity index (χ0v) is 11.6. The molecule has 0 radical (unpaired) electrons. The molecule has 0 saturated heterocycles. The number of fused-ring (bicyclic) bond motifs is 2. The normalized spacial score (nSPS) is 17.0. The highest BCUT2D eigenvalue weighted by molar-refractivity contribution is 5.77. The number of hydrogen-bond acceptors (Lipinski definition) is 5. The molecule has 0 fully saturated rings. The Labute approximate surface area is 122 Å². The van der Waals surface area contributed by atoms with E-state index in [0.29, 0.717) is 6.54 Å². The van der Waals surface area contributed by atoms with Crippen LogP contribution in [-0.2, 0) is 13.1 Å². The lowest BCUT2D eigenvalue weighted by molar-refractivity contribution is 0.141. The molecule has 1 aliphatic rings. The van der Waals surface area contributed by atoms with Gasteiger partial charge >= 0.3 is 0 Å². The van der Waals surface area contributed by atoms with Crippen molar-refractivity contribution in [1.29, 1.82) is 0 Å². The Kier molecular flexibility index (Phi) is 2.98. The number of nitrogens with zero attached hydrogens (tertiary/aromatic N) is 4. The minimum absolute atomic E-state index is 0.0721. The zero-order valence-electron chi connectivity index (χ0n) is 11.6. The third-order valence-corrected chi connectivity index (χ3v) is 4.11. The molecule has 2 aromatic heterocycles.